The first kappa shape index (κ1) is 55.7. The van der Waals surface area contributed by atoms with Crippen LogP contribution in [0.3, 0.4) is 0 Å². The second kappa shape index (κ2) is 23.5. The maximum Gasteiger partial charge on any atom is 0.416 e. The zero-order valence-electron chi connectivity index (χ0n) is 40.0. The molecule has 16 heteroatoms. The lowest BCUT2D eigenvalue weighted by Crippen LogP contribution is -2.22. The highest BCUT2D eigenvalue weighted by molar-refractivity contribution is 7.99. The number of thiol groups is 2. The van der Waals surface area contributed by atoms with Gasteiger partial charge < -0.3 is 0 Å². The summed E-state index contributed by atoms with van der Waals surface area (Å²) >= 11 is 23.0. The second-order valence-corrected chi connectivity index (χ2v) is 21.4. The minimum absolute atomic E-state index is 0.200. The molecule has 0 unspecified atom stereocenters. The fourth-order valence-electron chi connectivity index (χ4n) is 8.55. The summed E-state index contributed by atoms with van der Waals surface area (Å²) in [6.45, 7) is 0. The first-order valence-electron chi connectivity index (χ1n) is 23.3. The van der Waals surface area contributed by atoms with Gasteiger partial charge in [0, 0.05) is 62.8 Å². The Balaban J connectivity index is 0.000000151. The monoisotopic (exact) mass is 1160 g/mol. The molecule has 0 heterocycles. The van der Waals surface area contributed by atoms with Crippen molar-refractivity contribution in [1.29, 1.82) is 0 Å². The maximum absolute atomic E-state index is 13.7. The van der Waals surface area contributed by atoms with Crippen molar-refractivity contribution in [3.8, 4) is 0 Å². The molecule has 0 N–H and O–H groups in total. The number of benzene rings is 10. The standard InChI is InChI=1S/C31H17F3O2S2.C14H6Cl2O2.C11H7F3S.C6H6S/c32-31(33,34)20-14-12-19-17-22(15-13-18(19)16-20)38-26-11-5-9-24-28(26)30(36)23-8-4-10-25(27(23)29(24)35)37-21-6-2-1-3-7-21;15-9-5-1-3-7-11(9)14(18)8-4-2-6-10(16)12(8)13(7)17;12-11(13,14)9-3-1-8-6-10(15)4-2-7(8)5-9;7-6-4-2-1-3-5-6/h1-17H;1-6H;1-6,15H;1-5,7H. The van der Waals surface area contributed by atoms with Gasteiger partial charge >= 0.3 is 12.4 Å². The van der Waals surface area contributed by atoms with Crippen molar-refractivity contribution in [3.05, 3.63) is 272 Å². The largest absolute Gasteiger partial charge is 0.416 e. The van der Waals surface area contributed by atoms with Crippen LogP contribution in [0.15, 0.2) is 236 Å². The lowest BCUT2D eigenvalue weighted by Gasteiger charge is -2.22. The van der Waals surface area contributed by atoms with Crippen LogP contribution in [-0.4, -0.2) is 23.1 Å². The number of halogens is 8. The van der Waals surface area contributed by atoms with Crippen LogP contribution in [0, 0.1) is 0 Å². The molecule has 0 amide bonds. The summed E-state index contributed by atoms with van der Waals surface area (Å²) < 4.78 is 76.4. The summed E-state index contributed by atoms with van der Waals surface area (Å²) in [5.41, 5.74) is 1.31. The highest BCUT2D eigenvalue weighted by Crippen LogP contribution is 2.43. The normalized spacial score (nSPS) is 12.4. The van der Waals surface area contributed by atoms with Crippen LogP contribution < -0.4 is 0 Å². The van der Waals surface area contributed by atoms with E-state index in [9.17, 15) is 45.5 Å². The van der Waals surface area contributed by atoms with Gasteiger partial charge in [0.15, 0.2) is 23.1 Å². The number of ketones is 4. The van der Waals surface area contributed by atoms with Crippen LogP contribution in [0.4, 0.5) is 26.3 Å². The van der Waals surface area contributed by atoms with Gasteiger partial charge in [-0.3, -0.25) is 19.2 Å². The van der Waals surface area contributed by atoms with Gasteiger partial charge in [0.05, 0.1) is 32.3 Å². The second-order valence-electron chi connectivity index (χ2n) is 17.3. The van der Waals surface area contributed by atoms with Gasteiger partial charge in [-0.25, -0.2) is 0 Å². The molecule has 12 rings (SSSR count). The molecule has 2 aliphatic carbocycles. The minimum Gasteiger partial charge on any atom is -0.289 e. The summed E-state index contributed by atoms with van der Waals surface area (Å²) in [5.74, 6) is -0.932. The zero-order chi connectivity index (χ0) is 55.5. The van der Waals surface area contributed by atoms with Gasteiger partial charge in [0.2, 0.25) is 0 Å². The topological polar surface area (TPSA) is 68.3 Å². The van der Waals surface area contributed by atoms with E-state index in [1.165, 1.54) is 35.7 Å². The number of carbonyl (C=O) groups excluding carboxylic acids is 4. The molecule has 0 saturated carbocycles. The van der Waals surface area contributed by atoms with E-state index >= 15 is 0 Å². The molecule has 388 valence electrons. The number of rotatable bonds is 4. The molecule has 0 fully saturated rings. The molecule has 0 bridgehead atoms. The molecule has 4 nitrogen and oxygen atoms in total. The Bertz CT molecular complexity index is 3920. The lowest BCUT2D eigenvalue weighted by molar-refractivity contribution is -0.138. The molecule has 0 spiro atoms. The minimum atomic E-state index is -4.41. The summed E-state index contributed by atoms with van der Waals surface area (Å²) in [6.07, 6.45) is -8.69. The van der Waals surface area contributed by atoms with Crippen LogP contribution in [0.25, 0.3) is 21.5 Å². The Hall–Kier alpha value is -7.04. The molecular formula is C62H36Cl2F6O4S4. The molecule has 0 atom stereocenters. The smallest absolute Gasteiger partial charge is 0.289 e. The van der Waals surface area contributed by atoms with E-state index in [0.29, 0.717) is 54.4 Å². The van der Waals surface area contributed by atoms with E-state index in [4.69, 9.17) is 23.2 Å². The SMILES string of the molecule is FC(F)(F)c1ccc2cc(S)ccc2c1.O=C1c2cccc(Cl)c2C(=O)c2cccc(Cl)c21.O=C1c2cccc(Sc3ccc4cc(C(F)(F)F)ccc4c3)c2C(=O)c2cccc(Sc3ccccc3)c21.Sc1ccccc1. The van der Waals surface area contributed by atoms with E-state index < -0.39 is 23.5 Å². The summed E-state index contributed by atoms with van der Waals surface area (Å²) in [4.78, 5) is 56.9. The molecular weight excluding hydrogens is 1120 g/mol. The van der Waals surface area contributed by atoms with E-state index in [-0.39, 0.29) is 44.3 Å². The Morgan fingerprint density at radius 3 is 1.15 bits per heavy atom. The molecule has 2 aliphatic rings. The van der Waals surface area contributed by atoms with E-state index in [0.717, 1.165) is 54.1 Å². The summed E-state index contributed by atoms with van der Waals surface area (Å²) in [7, 11) is 0. The van der Waals surface area contributed by atoms with Crippen molar-refractivity contribution in [2.24, 2.45) is 0 Å². The number of hydrogen-bond acceptors (Lipinski definition) is 8. The van der Waals surface area contributed by atoms with Crippen molar-refractivity contribution in [2.75, 3.05) is 0 Å². The van der Waals surface area contributed by atoms with Gasteiger partial charge in [-0.2, -0.15) is 26.3 Å². The quantitative estimate of drug-likeness (QED) is 0.135. The predicted molar refractivity (Wildman–Crippen MR) is 303 cm³/mol. The number of alkyl halides is 6. The van der Waals surface area contributed by atoms with Crippen LogP contribution in [-0.2, 0) is 12.4 Å². The molecule has 10 aromatic carbocycles. The molecule has 0 saturated heterocycles. The van der Waals surface area contributed by atoms with Crippen molar-refractivity contribution in [1.82, 2.24) is 0 Å². The number of hydrogen-bond donors (Lipinski definition) is 2. The van der Waals surface area contributed by atoms with Crippen molar-refractivity contribution in [3.63, 3.8) is 0 Å². The number of carbonyl (C=O) groups is 4. The fourth-order valence-corrected chi connectivity index (χ4v) is 11.5. The Morgan fingerprint density at radius 1 is 0.333 bits per heavy atom. The average Bonchev–Trinajstić information content (AvgIpc) is 3.50. The van der Waals surface area contributed by atoms with Gasteiger partial charge in [-0.05, 0) is 119 Å². The molecule has 0 aromatic heterocycles. The van der Waals surface area contributed by atoms with Crippen molar-refractivity contribution in [2.45, 2.75) is 41.7 Å². The molecule has 0 aliphatic heterocycles. The third-order valence-electron chi connectivity index (χ3n) is 12.2. The van der Waals surface area contributed by atoms with Crippen LogP contribution in [0.5, 0.6) is 0 Å². The highest BCUT2D eigenvalue weighted by Gasteiger charge is 2.36. The Morgan fingerprint density at radius 2 is 0.705 bits per heavy atom. The Kier molecular flexibility index (Phi) is 16.8. The first-order valence-corrected chi connectivity index (χ1v) is 26.6. The van der Waals surface area contributed by atoms with Crippen LogP contribution in [0.2, 0.25) is 10.0 Å². The molecule has 78 heavy (non-hydrogen) atoms. The first-order chi connectivity index (χ1) is 37.3. The third-order valence-corrected chi connectivity index (χ3v) is 15.5. The highest BCUT2D eigenvalue weighted by atomic mass is 35.5. The van der Waals surface area contributed by atoms with Crippen molar-refractivity contribution < 1.29 is 45.5 Å². The average molecular weight is 1160 g/mol. The summed E-state index contributed by atoms with van der Waals surface area (Å²) in [6, 6.07) is 57.2. The van der Waals surface area contributed by atoms with Gasteiger partial charge in [-0.15, -0.1) is 25.3 Å². The molecule has 0 radical (unpaired) electrons. The zero-order valence-corrected chi connectivity index (χ0v) is 44.9. The number of fused-ring (bicyclic) bond motifs is 6. The summed E-state index contributed by atoms with van der Waals surface area (Å²) in [5, 5.41) is 3.04. The fraction of sp³-hybridized carbons (Fsp3) is 0.0323. The Labute approximate surface area is 472 Å². The molecule has 10 aromatic rings. The van der Waals surface area contributed by atoms with E-state index in [1.54, 1.807) is 103 Å². The maximum atomic E-state index is 13.7. The lowest BCUT2D eigenvalue weighted by atomic mass is 9.84. The van der Waals surface area contributed by atoms with Crippen molar-refractivity contribution >= 4 is 117 Å². The third kappa shape index (κ3) is 12.3. The van der Waals surface area contributed by atoms with E-state index in [1.807, 2.05) is 66.7 Å². The van der Waals surface area contributed by atoms with Gasteiger partial charge in [0.1, 0.15) is 0 Å². The van der Waals surface area contributed by atoms with Gasteiger partial charge in [-0.1, -0.05) is 156 Å². The van der Waals surface area contributed by atoms with Crippen LogP contribution in [0.1, 0.15) is 74.8 Å². The van der Waals surface area contributed by atoms with E-state index in [2.05, 4.69) is 25.3 Å². The predicted octanol–water partition coefficient (Wildman–Crippen LogP) is 18.8. The van der Waals surface area contributed by atoms with Gasteiger partial charge in [0.25, 0.3) is 0 Å². The van der Waals surface area contributed by atoms with Crippen LogP contribution >= 0.6 is 72.0 Å².